The minimum atomic E-state index is -0.545. The summed E-state index contributed by atoms with van der Waals surface area (Å²) in [5, 5.41) is 3.70. The van der Waals surface area contributed by atoms with Gasteiger partial charge in [0, 0.05) is 11.6 Å². The van der Waals surface area contributed by atoms with Crippen LogP contribution in [0.2, 0.25) is 5.02 Å². The molecule has 0 radical (unpaired) electrons. The van der Waals surface area contributed by atoms with Gasteiger partial charge in [0.05, 0.1) is 7.11 Å². The molecule has 0 unspecified atom stereocenters. The van der Waals surface area contributed by atoms with Crippen molar-refractivity contribution in [2.24, 2.45) is 0 Å². The Labute approximate surface area is 154 Å². The Balaban J connectivity index is 1.82. The molecular weight excluding hydrogens is 338 g/mol. The summed E-state index contributed by atoms with van der Waals surface area (Å²) in [5.41, 5.74) is 1.09. The first-order valence-electron chi connectivity index (χ1n) is 8.46. The van der Waals surface area contributed by atoms with Gasteiger partial charge in [-0.05, 0) is 43.0 Å². The summed E-state index contributed by atoms with van der Waals surface area (Å²) in [6, 6.07) is 15.1. The van der Waals surface area contributed by atoms with Crippen molar-refractivity contribution in [3.05, 3.63) is 59.1 Å². The van der Waals surface area contributed by atoms with Gasteiger partial charge < -0.3 is 14.8 Å². The van der Waals surface area contributed by atoms with Crippen molar-refractivity contribution in [1.29, 1.82) is 0 Å². The fourth-order valence-corrected chi connectivity index (χ4v) is 2.73. The SMILES string of the molecule is CC[C@H](Oc1ccccc1OC)C(=O)NCCCc1ccccc1Cl. The maximum Gasteiger partial charge on any atom is 0.261 e. The predicted octanol–water partition coefficient (Wildman–Crippen LogP) is 4.26. The summed E-state index contributed by atoms with van der Waals surface area (Å²) >= 11 is 6.14. The van der Waals surface area contributed by atoms with Crippen LogP contribution in [0.25, 0.3) is 0 Å². The van der Waals surface area contributed by atoms with E-state index in [0.717, 1.165) is 23.4 Å². The van der Waals surface area contributed by atoms with E-state index in [2.05, 4.69) is 5.32 Å². The van der Waals surface area contributed by atoms with Crippen molar-refractivity contribution in [2.75, 3.05) is 13.7 Å². The molecular formula is C20H24ClNO3. The van der Waals surface area contributed by atoms with E-state index in [-0.39, 0.29) is 5.91 Å². The van der Waals surface area contributed by atoms with Gasteiger partial charge in [-0.1, -0.05) is 48.9 Å². The lowest BCUT2D eigenvalue weighted by atomic mass is 10.1. The van der Waals surface area contributed by atoms with Crippen LogP contribution in [0.15, 0.2) is 48.5 Å². The second kappa shape index (κ2) is 9.94. The predicted molar refractivity (Wildman–Crippen MR) is 100 cm³/mol. The Morgan fingerprint density at radius 1 is 1.12 bits per heavy atom. The number of aryl methyl sites for hydroxylation is 1. The lowest BCUT2D eigenvalue weighted by Crippen LogP contribution is -2.38. The fourth-order valence-electron chi connectivity index (χ4n) is 2.50. The number of carbonyl (C=O) groups is 1. The van der Waals surface area contributed by atoms with Gasteiger partial charge in [-0.2, -0.15) is 0 Å². The smallest absolute Gasteiger partial charge is 0.261 e. The van der Waals surface area contributed by atoms with Crippen molar-refractivity contribution >= 4 is 17.5 Å². The van der Waals surface area contributed by atoms with Crippen LogP contribution >= 0.6 is 11.6 Å². The molecule has 0 saturated heterocycles. The van der Waals surface area contributed by atoms with E-state index < -0.39 is 6.10 Å². The second-order valence-corrected chi connectivity index (χ2v) is 6.06. The largest absolute Gasteiger partial charge is 0.493 e. The van der Waals surface area contributed by atoms with Crippen LogP contribution in [0.5, 0.6) is 11.5 Å². The van der Waals surface area contributed by atoms with Crippen molar-refractivity contribution in [3.63, 3.8) is 0 Å². The van der Waals surface area contributed by atoms with E-state index in [9.17, 15) is 4.79 Å². The molecule has 1 amide bonds. The van der Waals surface area contributed by atoms with E-state index in [0.29, 0.717) is 24.5 Å². The van der Waals surface area contributed by atoms with Crippen LogP contribution in [0.1, 0.15) is 25.3 Å². The summed E-state index contributed by atoms with van der Waals surface area (Å²) in [5.74, 6) is 1.07. The Morgan fingerprint density at radius 3 is 2.48 bits per heavy atom. The minimum Gasteiger partial charge on any atom is -0.493 e. The maximum atomic E-state index is 12.4. The highest BCUT2D eigenvalue weighted by molar-refractivity contribution is 6.31. The number of hydrogen-bond acceptors (Lipinski definition) is 3. The van der Waals surface area contributed by atoms with E-state index in [1.165, 1.54) is 0 Å². The highest BCUT2D eigenvalue weighted by Crippen LogP contribution is 2.27. The standard InChI is InChI=1S/C20H24ClNO3/c1-3-17(25-19-13-7-6-12-18(19)24-2)20(23)22-14-8-10-15-9-4-5-11-16(15)21/h4-7,9,11-13,17H,3,8,10,14H2,1-2H3,(H,22,23)/t17-/m0/s1. The summed E-state index contributed by atoms with van der Waals surface area (Å²) in [4.78, 5) is 12.4. The zero-order valence-electron chi connectivity index (χ0n) is 14.6. The fraction of sp³-hybridized carbons (Fsp3) is 0.350. The topological polar surface area (TPSA) is 47.6 Å². The molecule has 0 aliphatic heterocycles. The van der Waals surface area contributed by atoms with Crippen LogP contribution in [-0.4, -0.2) is 25.7 Å². The highest BCUT2D eigenvalue weighted by atomic mass is 35.5. The Morgan fingerprint density at radius 2 is 1.80 bits per heavy atom. The van der Waals surface area contributed by atoms with Crippen LogP contribution in [0, 0.1) is 0 Å². The third-order valence-electron chi connectivity index (χ3n) is 3.88. The lowest BCUT2D eigenvalue weighted by molar-refractivity contribution is -0.128. The highest BCUT2D eigenvalue weighted by Gasteiger charge is 2.19. The first-order chi connectivity index (χ1) is 12.2. The molecule has 2 aromatic carbocycles. The number of rotatable bonds is 9. The number of amides is 1. The third-order valence-corrected chi connectivity index (χ3v) is 4.25. The number of nitrogens with one attached hydrogen (secondary N) is 1. The summed E-state index contributed by atoms with van der Waals surface area (Å²) in [6.07, 6.45) is 1.68. The number of carbonyl (C=O) groups excluding carboxylic acids is 1. The van der Waals surface area contributed by atoms with Gasteiger partial charge in [-0.25, -0.2) is 0 Å². The zero-order valence-corrected chi connectivity index (χ0v) is 15.4. The lowest BCUT2D eigenvalue weighted by Gasteiger charge is -2.18. The van der Waals surface area contributed by atoms with Gasteiger partial charge in [-0.3, -0.25) is 4.79 Å². The minimum absolute atomic E-state index is 0.118. The number of ether oxygens (including phenoxy) is 2. The molecule has 0 aliphatic rings. The number of halogens is 1. The van der Waals surface area contributed by atoms with Crippen molar-refractivity contribution in [2.45, 2.75) is 32.3 Å². The molecule has 0 saturated carbocycles. The van der Waals surface area contributed by atoms with Crippen LogP contribution in [0.4, 0.5) is 0 Å². The van der Waals surface area contributed by atoms with Crippen LogP contribution in [-0.2, 0) is 11.2 Å². The molecule has 0 aromatic heterocycles. The first kappa shape index (κ1) is 19.1. The third kappa shape index (κ3) is 5.68. The Hall–Kier alpha value is -2.20. The van der Waals surface area contributed by atoms with E-state index >= 15 is 0 Å². The molecule has 5 heteroatoms. The molecule has 0 spiro atoms. The van der Waals surface area contributed by atoms with Crippen molar-refractivity contribution in [1.82, 2.24) is 5.32 Å². The average molecular weight is 362 g/mol. The summed E-state index contributed by atoms with van der Waals surface area (Å²) in [7, 11) is 1.58. The molecule has 2 aromatic rings. The summed E-state index contributed by atoms with van der Waals surface area (Å²) in [6.45, 7) is 2.50. The molecule has 4 nitrogen and oxygen atoms in total. The molecule has 0 bridgehead atoms. The van der Waals surface area contributed by atoms with E-state index in [1.54, 1.807) is 13.2 Å². The zero-order chi connectivity index (χ0) is 18.1. The van der Waals surface area contributed by atoms with Crippen molar-refractivity contribution < 1.29 is 14.3 Å². The number of hydrogen-bond donors (Lipinski definition) is 1. The molecule has 134 valence electrons. The monoisotopic (exact) mass is 361 g/mol. The van der Waals surface area contributed by atoms with Gasteiger partial charge in [0.2, 0.25) is 0 Å². The molecule has 0 aliphatic carbocycles. The average Bonchev–Trinajstić information content (AvgIpc) is 2.64. The quantitative estimate of drug-likeness (QED) is 0.679. The molecule has 0 fully saturated rings. The summed E-state index contributed by atoms with van der Waals surface area (Å²) < 4.78 is 11.1. The van der Waals surface area contributed by atoms with Gasteiger partial charge in [-0.15, -0.1) is 0 Å². The molecule has 1 N–H and O–H groups in total. The number of methoxy groups -OCH3 is 1. The van der Waals surface area contributed by atoms with E-state index in [1.807, 2.05) is 49.4 Å². The molecule has 25 heavy (non-hydrogen) atoms. The van der Waals surface area contributed by atoms with Gasteiger partial charge in [0.25, 0.3) is 5.91 Å². The normalized spacial score (nSPS) is 11.6. The Kier molecular flexibility index (Phi) is 7.61. The maximum absolute atomic E-state index is 12.4. The van der Waals surface area contributed by atoms with Gasteiger partial charge in [0.15, 0.2) is 17.6 Å². The molecule has 1 atom stereocenters. The van der Waals surface area contributed by atoms with Gasteiger partial charge >= 0.3 is 0 Å². The van der Waals surface area contributed by atoms with Crippen LogP contribution in [0.3, 0.4) is 0 Å². The first-order valence-corrected chi connectivity index (χ1v) is 8.84. The number of para-hydroxylation sites is 2. The van der Waals surface area contributed by atoms with Crippen LogP contribution < -0.4 is 14.8 Å². The van der Waals surface area contributed by atoms with Crippen molar-refractivity contribution in [3.8, 4) is 11.5 Å². The Bertz CT molecular complexity index is 690. The van der Waals surface area contributed by atoms with E-state index in [4.69, 9.17) is 21.1 Å². The molecule has 0 heterocycles. The number of benzene rings is 2. The molecule has 2 rings (SSSR count). The second-order valence-electron chi connectivity index (χ2n) is 5.65. The van der Waals surface area contributed by atoms with Gasteiger partial charge in [0.1, 0.15) is 0 Å².